The molecule has 1 heterocycles. The monoisotopic (exact) mass is 611 g/mol. The molecular weight excluding hydrogens is 579 g/mol. The van der Waals surface area contributed by atoms with Gasteiger partial charge in [0.2, 0.25) is 0 Å². The lowest BCUT2D eigenvalue weighted by molar-refractivity contribution is 1.20. The van der Waals surface area contributed by atoms with E-state index in [1.54, 1.807) is 0 Å². The molecule has 0 saturated carbocycles. The molecule has 0 unspecified atom stereocenters. The van der Waals surface area contributed by atoms with Gasteiger partial charge in [-0.25, -0.2) is 0 Å². The van der Waals surface area contributed by atoms with E-state index in [-0.39, 0.29) is 0 Å². The van der Waals surface area contributed by atoms with Crippen LogP contribution in [0.25, 0.3) is 87.6 Å². The van der Waals surface area contributed by atoms with Crippen LogP contribution in [0.3, 0.4) is 0 Å². The molecule has 0 saturated heterocycles. The first-order valence-electron chi connectivity index (χ1n) is 16.6. The van der Waals surface area contributed by atoms with Crippen LogP contribution in [0, 0.1) is 0 Å². The van der Waals surface area contributed by atoms with E-state index < -0.39 is 0 Å². The summed E-state index contributed by atoms with van der Waals surface area (Å²) in [5.74, 6) is 0. The Morgan fingerprint density at radius 2 is 1.15 bits per heavy atom. The van der Waals surface area contributed by atoms with Crippen molar-refractivity contribution in [1.29, 1.82) is 0 Å². The molecule has 0 spiro atoms. The molecule has 9 aromatic rings. The van der Waals surface area contributed by atoms with Gasteiger partial charge in [-0.05, 0) is 80.1 Å². The molecule has 1 aromatic heterocycles. The van der Waals surface area contributed by atoms with Crippen molar-refractivity contribution in [3.8, 4) is 27.9 Å². The van der Waals surface area contributed by atoms with Crippen molar-refractivity contribution in [2.24, 2.45) is 0 Å². The molecule has 1 nitrogen and oxygen atoms in total. The molecular formula is C47H33N. The fourth-order valence-corrected chi connectivity index (χ4v) is 7.57. The molecule has 9 rings (SSSR count). The van der Waals surface area contributed by atoms with Crippen LogP contribution in [0.4, 0.5) is 0 Å². The fraction of sp³-hybridized carbons (Fsp3) is 0.0213. The lowest BCUT2D eigenvalue weighted by Crippen LogP contribution is -1.96. The number of fused-ring (bicyclic) bond motifs is 7. The fourth-order valence-electron chi connectivity index (χ4n) is 7.57. The summed E-state index contributed by atoms with van der Waals surface area (Å²) in [6.45, 7) is 6.11. The van der Waals surface area contributed by atoms with E-state index >= 15 is 0 Å². The van der Waals surface area contributed by atoms with E-state index in [0.717, 1.165) is 5.57 Å². The molecule has 8 aromatic carbocycles. The Morgan fingerprint density at radius 3 is 1.94 bits per heavy atom. The number of aromatic nitrogens is 1. The quantitative estimate of drug-likeness (QED) is 0.171. The lowest BCUT2D eigenvalue weighted by Gasteiger charge is -2.14. The maximum absolute atomic E-state index is 4.04. The van der Waals surface area contributed by atoms with Crippen molar-refractivity contribution in [3.63, 3.8) is 0 Å². The molecule has 48 heavy (non-hydrogen) atoms. The maximum Gasteiger partial charge on any atom is 0.0619 e. The van der Waals surface area contributed by atoms with Crippen molar-refractivity contribution in [3.05, 3.63) is 182 Å². The van der Waals surface area contributed by atoms with E-state index in [2.05, 4.69) is 182 Å². The van der Waals surface area contributed by atoms with Crippen LogP contribution in [-0.2, 0) is 0 Å². The zero-order valence-electron chi connectivity index (χ0n) is 26.8. The van der Waals surface area contributed by atoms with Gasteiger partial charge in [0.25, 0.3) is 0 Å². The zero-order valence-corrected chi connectivity index (χ0v) is 26.8. The number of rotatable bonds is 5. The second-order valence-electron chi connectivity index (χ2n) is 12.5. The molecule has 0 bridgehead atoms. The summed E-state index contributed by atoms with van der Waals surface area (Å²) in [5.41, 5.74) is 10.8. The number of nitrogens with zero attached hydrogens (tertiary/aromatic N) is 1. The molecule has 1 heteroatoms. The summed E-state index contributed by atoms with van der Waals surface area (Å²) < 4.78 is 2.49. The van der Waals surface area contributed by atoms with Crippen LogP contribution in [0.2, 0.25) is 0 Å². The Labute approximate surface area is 280 Å². The summed E-state index contributed by atoms with van der Waals surface area (Å²) in [6.07, 6.45) is 4.05. The molecule has 0 aliphatic carbocycles. The largest absolute Gasteiger partial charge is 0.308 e. The predicted molar refractivity (Wildman–Crippen MR) is 208 cm³/mol. The van der Waals surface area contributed by atoms with Crippen LogP contribution >= 0.6 is 0 Å². The predicted octanol–water partition coefficient (Wildman–Crippen LogP) is 13.2. The molecule has 0 aliphatic rings. The Hall–Kier alpha value is -6.18. The first-order chi connectivity index (χ1) is 23.7. The van der Waals surface area contributed by atoms with Crippen molar-refractivity contribution in [2.45, 2.75) is 6.92 Å². The minimum atomic E-state index is 1.14. The minimum Gasteiger partial charge on any atom is -0.308 e. The van der Waals surface area contributed by atoms with Crippen LogP contribution < -0.4 is 0 Å². The van der Waals surface area contributed by atoms with Gasteiger partial charge in [-0.1, -0.05) is 158 Å². The third kappa shape index (κ3) is 4.40. The molecule has 0 atom stereocenters. The highest BCUT2D eigenvalue weighted by atomic mass is 15.0. The SMILES string of the molecule is C=C/C(=C\C)c1ccc2c(ccc3c4ccc(-c5ccc(-c6cccc7ccccc67)cc5)cc4n(-c4cccc5ccccc45)c23)c1. The summed E-state index contributed by atoms with van der Waals surface area (Å²) in [5, 5.41) is 9.97. The summed E-state index contributed by atoms with van der Waals surface area (Å²) in [4.78, 5) is 0. The van der Waals surface area contributed by atoms with Gasteiger partial charge in [-0.3, -0.25) is 0 Å². The topological polar surface area (TPSA) is 4.93 Å². The lowest BCUT2D eigenvalue weighted by atomic mass is 9.96. The number of benzene rings is 8. The van der Waals surface area contributed by atoms with Crippen molar-refractivity contribution in [1.82, 2.24) is 4.57 Å². The van der Waals surface area contributed by atoms with Gasteiger partial charge < -0.3 is 4.57 Å². The highest BCUT2D eigenvalue weighted by molar-refractivity contribution is 6.20. The van der Waals surface area contributed by atoms with E-state index in [0.29, 0.717) is 0 Å². The van der Waals surface area contributed by atoms with Gasteiger partial charge in [-0.2, -0.15) is 0 Å². The van der Waals surface area contributed by atoms with E-state index in [1.165, 1.54) is 87.6 Å². The van der Waals surface area contributed by atoms with Crippen molar-refractivity contribution < 1.29 is 0 Å². The maximum atomic E-state index is 4.04. The Kier molecular flexibility index (Phi) is 6.59. The third-order valence-electron chi connectivity index (χ3n) is 9.93. The summed E-state index contributed by atoms with van der Waals surface area (Å²) >= 11 is 0. The molecule has 0 radical (unpaired) electrons. The summed E-state index contributed by atoms with van der Waals surface area (Å²) in [7, 11) is 0. The van der Waals surface area contributed by atoms with E-state index in [4.69, 9.17) is 0 Å². The third-order valence-corrected chi connectivity index (χ3v) is 9.93. The standard InChI is InChI=1S/C47H33N/c1-3-31(4-2)36-23-26-42-38(29-36)25-28-44-43-27-24-37(30-46(43)48(47(42)44)45-18-10-14-34-12-6-8-16-41(34)45)32-19-21-35(22-20-32)40-17-9-13-33-11-5-7-15-39(33)40/h3-30H,1H2,2H3/b31-4+. The Bertz CT molecular complexity index is 2730. The smallest absolute Gasteiger partial charge is 0.0619 e. The van der Waals surface area contributed by atoms with Gasteiger partial charge in [0, 0.05) is 21.5 Å². The average molecular weight is 612 g/mol. The van der Waals surface area contributed by atoms with Gasteiger partial charge in [0.15, 0.2) is 0 Å². The van der Waals surface area contributed by atoms with E-state index in [9.17, 15) is 0 Å². The molecule has 0 fully saturated rings. The number of hydrogen-bond donors (Lipinski definition) is 0. The van der Waals surface area contributed by atoms with Gasteiger partial charge in [-0.15, -0.1) is 0 Å². The minimum absolute atomic E-state index is 1.14. The number of hydrogen-bond acceptors (Lipinski definition) is 0. The average Bonchev–Trinajstić information content (AvgIpc) is 3.48. The molecule has 0 aliphatic heterocycles. The second kappa shape index (κ2) is 11.3. The molecule has 0 amide bonds. The zero-order chi connectivity index (χ0) is 32.2. The van der Waals surface area contributed by atoms with Crippen LogP contribution in [0.5, 0.6) is 0 Å². The highest BCUT2D eigenvalue weighted by Crippen LogP contribution is 2.41. The van der Waals surface area contributed by atoms with E-state index in [1.807, 2.05) is 6.08 Å². The first kappa shape index (κ1) is 28.1. The highest BCUT2D eigenvalue weighted by Gasteiger charge is 2.18. The first-order valence-corrected chi connectivity index (χ1v) is 16.6. The van der Waals surface area contributed by atoms with Gasteiger partial charge in [0.05, 0.1) is 16.7 Å². The van der Waals surface area contributed by atoms with Crippen molar-refractivity contribution >= 4 is 59.7 Å². The Morgan fingerprint density at radius 1 is 0.500 bits per heavy atom. The van der Waals surface area contributed by atoms with Crippen LogP contribution in [0.15, 0.2) is 176 Å². The van der Waals surface area contributed by atoms with Gasteiger partial charge in [0.1, 0.15) is 0 Å². The van der Waals surface area contributed by atoms with Gasteiger partial charge >= 0.3 is 0 Å². The second-order valence-corrected chi connectivity index (χ2v) is 12.5. The molecule has 0 N–H and O–H groups in total. The van der Waals surface area contributed by atoms with Crippen LogP contribution in [-0.4, -0.2) is 4.57 Å². The van der Waals surface area contributed by atoms with Crippen molar-refractivity contribution in [2.75, 3.05) is 0 Å². The molecule has 226 valence electrons. The Balaban J connectivity index is 1.28. The van der Waals surface area contributed by atoms with Crippen LogP contribution in [0.1, 0.15) is 12.5 Å². The normalized spacial score (nSPS) is 12.1. The summed E-state index contributed by atoms with van der Waals surface area (Å²) in [6, 6.07) is 57.9. The number of allylic oxidation sites excluding steroid dienone is 3.